The molecule has 0 unspecified atom stereocenters. The van der Waals surface area contributed by atoms with Crippen LogP contribution >= 0.6 is 0 Å². The molecule has 2 aliphatic rings. The number of hydrogen-bond acceptors (Lipinski definition) is 3. The summed E-state index contributed by atoms with van der Waals surface area (Å²) in [6.07, 6.45) is 9.86. The number of piperazine rings is 1. The lowest BCUT2D eigenvalue weighted by molar-refractivity contribution is -0.0975. The lowest BCUT2D eigenvalue weighted by Gasteiger charge is -2.44. The van der Waals surface area contributed by atoms with Gasteiger partial charge in [0.2, 0.25) is 0 Å². The van der Waals surface area contributed by atoms with Gasteiger partial charge in [-0.15, -0.1) is 0 Å². The molecule has 0 bridgehead atoms. The summed E-state index contributed by atoms with van der Waals surface area (Å²) in [5, 5.41) is 0. The second-order valence-corrected chi connectivity index (χ2v) is 4.52. The smallest absolute Gasteiger partial charge is 0.160 e. The highest BCUT2D eigenvalue weighted by Crippen LogP contribution is 2.26. The van der Waals surface area contributed by atoms with Gasteiger partial charge in [-0.25, -0.2) is 0 Å². The zero-order chi connectivity index (χ0) is 11.4. The van der Waals surface area contributed by atoms with Crippen molar-refractivity contribution in [1.29, 1.82) is 0 Å². The Bertz CT molecular complexity index is 266. The topological polar surface area (TPSA) is 15.7 Å². The molecule has 2 rings (SSSR count). The summed E-state index contributed by atoms with van der Waals surface area (Å²) in [7, 11) is 2.18. The van der Waals surface area contributed by atoms with E-state index in [-0.39, 0.29) is 5.72 Å². The van der Waals surface area contributed by atoms with Gasteiger partial charge in [-0.3, -0.25) is 4.90 Å². The van der Waals surface area contributed by atoms with Crippen molar-refractivity contribution >= 4 is 0 Å². The number of rotatable bonds is 3. The molecule has 1 saturated heterocycles. The van der Waals surface area contributed by atoms with Crippen LogP contribution in [-0.2, 0) is 4.74 Å². The van der Waals surface area contributed by atoms with Crippen molar-refractivity contribution in [3.8, 4) is 0 Å². The lowest BCUT2D eigenvalue weighted by atomic mass is 10.0. The van der Waals surface area contributed by atoms with Gasteiger partial charge >= 0.3 is 0 Å². The largest absolute Gasteiger partial charge is 0.353 e. The van der Waals surface area contributed by atoms with Crippen LogP contribution in [0.1, 0.15) is 13.3 Å². The fourth-order valence-corrected chi connectivity index (χ4v) is 2.39. The highest BCUT2D eigenvalue weighted by Gasteiger charge is 2.34. The summed E-state index contributed by atoms with van der Waals surface area (Å²) in [5.41, 5.74) is -0.270. The average Bonchev–Trinajstić information content (AvgIpc) is 2.31. The number of hydrogen-bond donors (Lipinski definition) is 0. The Morgan fingerprint density at radius 2 is 1.75 bits per heavy atom. The van der Waals surface area contributed by atoms with Gasteiger partial charge in [0.15, 0.2) is 5.72 Å². The van der Waals surface area contributed by atoms with Crippen LogP contribution in [0, 0.1) is 0 Å². The van der Waals surface area contributed by atoms with E-state index < -0.39 is 0 Å². The minimum absolute atomic E-state index is 0.270. The Morgan fingerprint density at radius 3 is 2.31 bits per heavy atom. The Hall–Kier alpha value is -0.640. The Kier molecular flexibility index (Phi) is 3.79. The normalized spacial score (nSPS) is 26.1. The molecule has 0 aromatic heterocycles. The molecule has 0 atom stereocenters. The van der Waals surface area contributed by atoms with E-state index in [0.717, 1.165) is 39.2 Å². The highest BCUT2D eigenvalue weighted by atomic mass is 16.5. The predicted octanol–water partition coefficient (Wildman–Crippen LogP) is 1.48. The molecule has 1 heterocycles. The predicted molar refractivity (Wildman–Crippen MR) is 66.3 cm³/mol. The van der Waals surface area contributed by atoms with E-state index in [1.54, 1.807) is 0 Å². The summed E-state index contributed by atoms with van der Waals surface area (Å²) >= 11 is 0. The van der Waals surface area contributed by atoms with Crippen LogP contribution < -0.4 is 0 Å². The van der Waals surface area contributed by atoms with E-state index in [4.69, 9.17) is 4.74 Å². The summed E-state index contributed by atoms with van der Waals surface area (Å²) < 4.78 is 5.98. The monoisotopic (exact) mass is 222 g/mol. The maximum Gasteiger partial charge on any atom is 0.160 e. The van der Waals surface area contributed by atoms with Crippen LogP contribution in [0.4, 0.5) is 0 Å². The van der Waals surface area contributed by atoms with Gasteiger partial charge in [-0.05, 0) is 32.5 Å². The molecule has 0 radical (unpaired) electrons. The van der Waals surface area contributed by atoms with Gasteiger partial charge < -0.3 is 9.64 Å². The SMILES string of the molecule is CCOC1(N2CCN(C)CC2)C=CCC=C1. The van der Waals surface area contributed by atoms with Gasteiger partial charge in [-0.1, -0.05) is 12.2 Å². The molecule has 16 heavy (non-hydrogen) atoms. The van der Waals surface area contributed by atoms with Crippen molar-refractivity contribution in [2.75, 3.05) is 39.8 Å². The molecule has 1 fully saturated rings. The number of allylic oxidation sites excluding steroid dienone is 2. The van der Waals surface area contributed by atoms with Crippen LogP contribution in [0.3, 0.4) is 0 Å². The fourth-order valence-electron chi connectivity index (χ4n) is 2.39. The van der Waals surface area contributed by atoms with Crippen molar-refractivity contribution in [2.45, 2.75) is 19.1 Å². The zero-order valence-corrected chi connectivity index (χ0v) is 10.4. The first-order valence-corrected chi connectivity index (χ1v) is 6.20. The first-order chi connectivity index (χ1) is 7.77. The van der Waals surface area contributed by atoms with E-state index in [0.29, 0.717) is 0 Å². The zero-order valence-electron chi connectivity index (χ0n) is 10.4. The molecule has 3 heteroatoms. The van der Waals surface area contributed by atoms with Crippen LogP contribution in [0.15, 0.2) is 24.3 Å². The lowest BCUT2D eigenvalue weighted by Crippen LogP contribution is -2.56. The maximum absolute atomic E-state index is 5.98. The summed E-state index contributed by atoms with van der Waals surface area (Å²) in [6.45, 7) is 7.21. The van der Waals surface area contributed by atoms with Crippen molar-refractivity contribution < 1.29 is 4.74 Å². The van der Waals surface area contributed by atoms with Crippen LogP contribution in [0.5, 0.6) is 0 Å². The average molecular weight is 222 g/mol. The summed E-state index contributed by atoms with van der Waals surface area (Å²) in [6, 6.07) is 0. The van der Waals surface area contributed by atoms with E-state index in [9.17, 15) is 0 Å². The maximum atomic E-state index is 5.98. The first kappa shape index (κ1) is 11.8. The fraction of sp³-hybridized carbons (Fsp3) is 0.692. The number of ether oxygens (including phenoxy) is 1. The van der Waals surface area contributed by atoms with E-state index in [2.05, 4.69) is 48.1 Å². The first-order valence-electron chi connectivity index (χ1n) is 6.20. The summed E-state index contributed by atoms with van der Waals surface area (Å²) in [4.78, 5) is 4.80. The third-order valence-electron chi connectivity index (χ3n) is 3.36. The molecular formula is C13H22N2O. The van der Waals surface area contributed by atoms with Crippen molar-refractivity contribution in [3.63, 3.8) is 0 Å². The van der Waals surface area contributed by atoms with Crippen molar-refractivity contribution in [1.82, 2.24) is 9.80 Å². The Morgan fingerprint density at radius 1 is 1.12 bits per heavy atom. The minimum Gasteiger partial charge on any atom is -0.353 e. The third-order valence-corrected chi connectivity index (χ3v) is 3.36. The molecule has 0 spiro atoms. The molecule has 0 aromatic carbocycles. The van der Waals surface area contributed by atoms with Crippen LogP contribution in [0.2, 0.25) is 0 Å². The molecule has 90 valence electrons. The van der Waals surface area contributed by atoms with Gasteiger partial charge in [0.05, 0.1) is 0 Å². The minimum atomic E-state index is -0.270. The Balaban J connectivity index is 2.09. The number of likely N-dealkylation sites (N-methyl/N-ethyl adjacent to an activating group) is 1. The van der Waals surface area contributed by atoms with E-state index in [1.807, 2.05) is 0 Å². The van der Waals surface area contributed by atoms with E-state index in [1.165, 1.54) is 0 Å². The molecular weight excluding hydrogens is 200 g/mol. The Labute approximate surface area is 98.4 Å². The molecule has 3 nitrogen and oxygen atoms in total. The van der Waals surface area contributed by atoms with Gasteiger partial charge in [0.25, 0.3) is 0 Å². The van der Waals surface area contributed by atoms with Gasteiger partial charge in [0.1, 0.15) is 0 Å². The standard InChI is InChI=1S/C13H22N2O/c1-3-16-13(7-5-4-6-8-13)15-11-9-14(2)10-12-15/h5-8H,3-4,9-12H2,1-2H3. The molecule has 0 amide bonds. The van der Waals surface area contributed by atoms with Crippen molar-refractivity contribution in [3.05, 3.63) is 24.3 Å². The molecule has 0 aromatic rings. The molecule has 1 aliphatic heterocycles. The molecule has 1 aliphatic carbocycles. The van der Waals surface area contributed by atoms with Gasteiger partial charge in [-0.2, -0.15) is 0 Å². The third kappa shape index (κ3) is 2.37. The molecule has 0 N–H and O–H groups in total. The second kappa shape index (κ2) is 5.13. The number of nitrogens with zero attached hydrogens (tertiary/aromatic N) is 2. The van der Waals surface area contributed by atoms with Crippen LogP contribution in [-0.4, -0.2) is 55.4 Å². The van der Waals surface area contributed by atoms with Crippen molar-refractivity contribution in [2.24, 2.45) is 0 Å². The van der Waals surface area contributed by atoms with Gasteiger partial charge in [0, 0.05) is 32.8 Å². The molecule has 0 saturated carbocycles. The quantitative estimate of drug-likeness (QED) is 0.673. The van der Waals surface area contributed by atoms with Crippen LogP contribution in [0.25, 0.3) is 0 Å². The second-order valence-electron chi connectivity index (χ2n) is 4.52. The highest BCUT2D eigenvalue weighted by molar-refractivity contribution is 5.20. The summed E-state index contributed by atoms with van der Waals surface area (Å²) in [5.74, 6) is 0. The van der Waals surface area contributed by atoms with E-state index >= 15 is 0 Å².